The van der Waals surface area contributed by atoms with Crippen molar-refractivity contribution in [2.45, 2.75) is 12.3 Å². The topological polar surface area (TPSA) is 35.5 Å². The van der Waals surface area contributed by atoms with Crippen molar-refractivity contribution >= 4 is 21.7 Å². The van der Waals surface area contributed by atoms with Crippen molar-refractivity contribution in [3.8, 4) is 11.5 Å². The van der Waals surface area contributed by atoms with Gasteiger partial charge in [-0.1, -0.05) is 34.1 Å². The molecule has 0 N–H and O–H groups in total. The zero-order valence-electron chi connectivity index (χ0n) is 11.6. The number of para-hydroxylation sites is 1. The molecule has 1 aliphatic heterocycles. The van der Waals surface area contributed by atoms with Gasteiger partial charge in [0.15, 0.2) is 5.78 Å². The third kappa shape index (κ3) is 2.68. The first-order valence-corrected chi connectivity index (χ1v) is 7.59. The summed E-state index contributed by atoms with van der Waals surface area (Å²) in [7, 11) is 1.58. The fourth-order valence-electron chi connectivity index (χ4n) is 2.67. The van der Waals surface area contributed by atoms with Crippen LogP contribution in [0.1, 0.15) is 28.3 Å². The summed E-state index contributed by atoms with van der Waals surface area (Å²) >= 11 is 3.40. The molecule has 2 aromatic rings. The summed E-state index contributed by atoms with van der Waals surface area (Å²) in [4.78, 5) is 12.9. The number of fused-ring (bicyclic) bond motifs is 1. The van der Waals surface area contributed by atoms with E-state index in [1.54, 1.807) is 7.11 Å². The molecule has 0 aliphatic carbocycles. The van der Waals surface area contributed by atoms with Crippen LogP contribution >= 0.6 is 15.9 Å². The Labute approximate surface area is 132 Å². The number of ketones is 1. The molecule has 21 heavy (non-hydrogen) atoms. The van der Waals surface area contributed by atoms with Gasteiger partial charge in [-0.3, -0.25) is 4.79 Å². The van der Waals surface area contributed by atoms with Gasteiger partial charge in [-0.2, -0.15) is 0 Å². The Bertz CT molecular complexity index is 681. The molecule has 1 aliphatic rings. The second-order valence-electron chi connectivity index (χ2n) is 4.94. The molecule has 0 aromatic heterocycles. The fourth-order valence-corrected chi connectivity index (χ4v) is 3.01. The summed E-state index contributed by atoms with van der Waals surface area (Å²) in [6.45, 7) is 0.562. The molecule has 1 atom stereocenters. The summed E-state index contributed by atoms with van der Waals surface area (Å²) in [5.41, 5.74) is 1.57. The normalized spacial score (nSPS) is 16.8. The molecule has 1 unspecified atom stereocenters. The fraction of sp³-hybridized carbons (Fsp3) is 0.235. The number of methoxy groups -OCH3 is 1. The first-order valence-electron chi connectivity index (χ1n) is 6.80. The Morgan fingerprint density at radius 2 is 2.10 bits per heavy atom. The third-order valence-electron chi connectivity index (χ3n) is 3.70. The quantitative estimate of drug-likeness (QED) is 0.781. The van der Waals surface area contributed by atoms with E-state index in [9.17, 15) is 4.79 Å². The van der Waals surface area contributed by atoms with Gasteiger partial charge in [0.05, 0.1) is 25.2 Å². The van der Waals surface area contributed by atoms with Crippen LogP contribution in [0.5, 0.6) is 11.5 Å². The summed E-state index contributed by atoms with van der Waals surface area (Å²) in [5.74, 6) is 1.30. The molecule has 2 aromatic carbocycles. The van der Waals surface area contributed by atoms with Crippen LogP contribution in [0, 0.1) is 0 Å². The number of hydrogen-bond donors (Lipinski definition) is 0. The van der Waals surface area contributed by atoms with E-state index in [-0.39, 0.29) is 11.7 Å². The summed E-state index contributed by atoms with van der Waals surface area (Å²) < 4.78 is 11.9. The molecule has 0 spiro atoms. The minimum absolute atomic E-state index is 0.0788. The average molecular weight is 347 g/mol. The second-order valence-corrected chi connectivity index (χ2v) is 5.85. The molecule has 3 rings (SSSR count). The maximum Gasteiger partial charge on any atom is 0.174 e. The summed E-state index contributed by atoms with van der Waals surface area (Å²) in [5, 5.41) is 0. The summed E-state index contributed by atoms with van der Waals surface area (Å²) in [6.07, 6.45) is 0.690. The Morgan fingerprint density at radius 1 is 1.29 bits per heavy atom. The number of benzene rings is 2. The predicted octanol–water partition coefficient (Wildman–Crippen LogP) is 4.21. The highest BCUT2D eigenvalue weighted by atomic mass is 79.9. The Morgan fingerprint density at radius 3 is 2.90 bits per heavy atom. The monoisotopic (exact) mass is 346 g/mol. The van der Waals surface area contributed by atoms with E-state index in [0.717, 1.165) is 15.8 Å². The molecule has 0 amide bonds. The average Bonchev–Trinajstić information content (AvgIpc) is 2.53. The lowest BCUT2D eigenvalue weighted by atomic mass is 9.86. The highest BCUT2D eigenvalue weighted by Crippen LogP contribution is 2.37. The van der Waals surface area contributed by atoms with Crippen molar-refractivity contribution in [1.29, 1.82) is 0 Å². The van der Waals surface area contributed by atoms with E-state index in [4.69, 9.17) is 9.47 Å². The zero-order valence-corrected chi connectivity index (χ0v) is 13.2. The molecule has 4 heteroatoms. The van der Waals surface area contributed by atoms with Crippen molar-refractivity contribution in [3.05, 3.63) is 58.1 Å². The van der Waals surface area contributed by atoms with Crippen molar-refractivity contribution in [3.63, 3.8) is 0 Å². The maximum atomic E-state index is 12.9. The van der Waals surface area contributed by atoms with Crippen LogP contribution in [0.4, 0.5) is 0 Å². The standard InChI is InChI=1S/C17H15BrO3/c1-20-16-10-11(18)6-7-14(16)17(19)13-8-9-21-15-5-3-2-4-12(13)15/h2-7,10,13H,8-9H2,1H3. The van der Waals surface area contributed by atoms with E-state index in [1.165, 1.54) is 0 Å². The highest BCUT2D eigenvalue weighted by Gasteiger charge is 2.29. The lowest BCUT2D eigenvalue weighted by Crippen LogP contribution is -2.21. The van der Waals surface area contributed by atoms with E-state index < -0.39 is 0 Å². The smallest absolute Gasteiger partial charge is 0.174 e. The summed E-state index contributed by atoms with van der Waals surface area (Å²) in [6, 6.07) is 13.2. The van der Waals surface area contributed by atoms with Crippen molar-refractivity contribution in [2.75, 3.05) is 13.7 Å². The lowest BCUT2D eigenvalue weighted by molar-refractivity contribution is 0.0930. The highest BCUT2D eigenvalue weighted by molar-refractivity contribution is 9.10. The van der Waals surface area contributed by atoms with Gasteiger partial charge in [0.25, 0.3) is 0 Å². The van der Waals surface area contributed by atoms with Crippen LogP contribution in [0.25, 0.3) is 0 Å². The first kappa shape index (κ1) is 14.1. The number of hydrogen-bond acceptors (Lipinski definition) is 3. The van der Waals surface area contributed by atoms with Gasteiger partial charge in [-0.15, -0.1) is 0 Å². The van der Waals surface area contributed by atoms with E-state index in [2.05, 4.69) is 15.9 Å². The Balaban J connectivity index is 2.00. The molecule has 0 radical (unpaired) electrons. The molecule has 0 fully saturated rings. The largest absolute Gasteiger partial charge is 0.496 e. The van der Waals surface area contributed by atoms with Gasteiger partial charge in [0, 0.05) is 10.0 Å². The van der Waals surface area contributed by atoms with Crippen LogP contribution in [0.3, 0.4) is 0 Å². The molecule has 0 bridgehead atoms. The van der Waals surface area contributed by atoms with Gasteiger partial charge in [0.1, 0.15) is 11.5 Å². The van der Waals surface area contributed by atoms with Gasteiger partial charge < -0.3 is 9.47 Å². The number of carbonyl (C=O) groups excluding carboxylic acids is 1. The SMILES string of the molecule is COc1cc(Br)ccc1C(=O)C1CCOc2ccccc21. The molecule has 1 heterocycles. The Hall–Kier alpha value is -1.81. The number of rotatable bonds is 3. The minimum atomic E-state index is -0.176. The number of Topliss-reactive ketones (excluding diaryl/α,β-unsaturated/α-hetero) is 1. The molecule has 3 nitrogen and oxygen atoms in total. The molecule has 0 saturated carbocycles. The first-order chi connectivity index (χ1) is 10.2. The zero-order chi connectivity index (χ0) is 14.8. The molecular formula is C17H15BrO3. The van der Waals surface area contributed by atoms with Crippen LogP contribution in [0.2, 0.25) is 0 Å². The van der Waals surface area contributed by atoms with Crippen LogP contribution in [-0.2, 0) is 0 Å². The third-order valence-corrected chi connectivity index (χ3v) is 4.20. The number of halogens is 1. The van der Waals surface area contributed by atoms with Gasteiger partial charge in [-0.05, 0) is 30.7 Å². The number of ether oxygens (including phenoxy) is 2. The van der Waals surface area contributed by atoms with E-state index in [0.29, 0.717) is 24.3 Å². The van der Waals surface area contributed by atoms with E-state index >= 15 is 0 Å². The molecule has 0 saturated heterocycles. The second kappa shape index (κ2) is 5.90. The minimum Gasteiger partial charge on any atom is -0.496 e. The molecular weight excluding hydrogens is 332 g/mol. The molecule has 108 valence electrons. The predicted molar refractivity (Wildman–Crippen MR) is 84.3 cm³/mol. The number of carbonyl (C=O) groups is 1. The van der Waals surface area contributed by atoms with E-state index in [1.807, 2.05) is 42.5 Å². The maximum absolute atomic E-state index is 12.9. The lowest BCUT2D eigenvalue weighted by Gasteiger charge is -2.25. The van der Waals surface area contributed by atoms with Crippen molar-refractivity contribution in [2.24, 2.45) is 0 Å². The van der Waals surface area contributed by atoms with Gasteiger partial charge in [-0.25, -0.2) is 0 Å². The van der Waals surface area contributed by atoms with Crippen LogP contribution in [0.15, 0.2) is 46.9 Å². The van der Waals surface area contributed by atoms with Gasteiger partial charge >= 0.3 is 0 Å². The van der Waals surface area contributed by atoms with Crippen molar-refractivity contribution < 1.29 is 14.3 Å². The van der Waals surface area contributed by atoms with Crippen LogP contribution < -0.4 is 9.47 Å². The Kier molecular flexibility index (Phi) is 3.97. The van der Waals surface area contributed by atoms with Crippen molar-refractivity contribution in [1.82, 2.24) is 0 Å². The van der Waals surface area contributed by atoms with Crippen LogP contribution in [-0.4, -0.2) is 19.5 Å². The van der Waals surface area contributed by atoms with Gasteiger partial charge in [0.2, 0.25) is 0 Å².